The molecule has 0 aromatic rings. The minimum absolute atomic E-state index is 0. The Morgan fingerprint density at radius 1 is 1.27 bits per heavy atom. The molecule has 0 aliphatic rings. The molecule has 0 rings (SSSR count). The van der Waals surface area contributed by atoms with Gasteiger partial charge in [-0.05, 0) is 0 Å². The summed E-state index contributed by atoms with van der Waals surface area (Å²) < 4.78 is 34.1. The molecule has 9 nitrogen and oxygen atoms in total. The van der Waals surface area contributed by atoms with Gasteiger partial charge >= 0.3 is 35.0 Å². The van der Waals surface area contributed by atoms with Gasteiger partial charge in [-0.25, -0.2) is 0 Å². The molecule has 0 saturated carbocycles. The number of carboxylic acids is 2. The van der Waals surface area contributed by atoms with Crippen molar-refractivity contribution < 1.29 is 37.3 Å². The van der Waals surface area contributed by atoms with Crippen LogP contribution in [0.25, 0.3) is 0 Å². The van der Waals surface area contributed by atoms with Crippen molar-refractivity contribution in [2.45, 2.75) is 12.5 Å². The molecule has 0 spiro atoms. The molecule has 0 unspecified atom stereocenters. The molecule has 0 radical (unpaired) electrons. The Morgan fingerprint density at radius 2 is 1.53 bits per heavy atom. The fourth-order valence-corrected chi connectivity index (χ4v) is 0.275. The van der Waals surface area contributed by atoms with E-state index in [1.165, 1.54) is 0 Å². The van der Waals surface area contributed by atoms with E-state index >= 15 is 0 Å². The Bertz CT molecular complexity index is 292. The second-order valence-corrected chi connectivity index (χ2v) is 2.77. The van der Waals surface area contributed by atoms with Crippen molar-refractivity contribution in [2.75, 3.05) is 0 Å². The predicted octanol–water partition coefficient (Wildman–Crippen LogP) is -2.85. The standard InChI is InChI=1S/C4H7NO4.Mg.H2O4S/c5-2(4(8)9)1-3(6)7;;1-5(2,3)4/h2H,1,5H2,(H,6,7)(H,8,9);;(H2,1,2,3,4)/q;+2;/p-2/t2-;;/m0../s1. The summed E-state index contributed by atoms with van der Waals surface area (Å²) in [6, 6.07) is -1.29. The topological polar surface area (TPSA) is 181 Å². The molecule has 84 valence electrons. The molecule has 0 bridgehead atoms. The molecule has 0 aromatic heterocycles. The number of aliphatic carboxylic acids is 2. The average Bonchev–Trinajstić information content (AvgIpc) is 1.80. The number of carbonyl (C=O) groups is 2. The summed E-state index contributed by atoms with van der Waals surface area (Å²) in [6.45, 7) is 0. The van der Waals surface area contributed by atoms with Crippen LogP contribution in [-0.2, 0) is 20.0 Å². The monoisotopic (exact) mass is 253 g/mol. The fourth-order valence-electron chi connectivity index (χ4n) is 0.275. The molecule has 15 heavy (non-hydrogen) atoms. The Hall–Kier alpha value is -0.464. The normalized spacial score (nSPS) is 11.4. The van der Waals surface area contributed by atoms with E-state index in [0.717, 1.165) is 0 Å². The van der Waals surface area contributed by atoms with E-state index < -0.39 is 34.8 Å². The van der Waals surface area contributed by atoms with Gasteiger partial charge in [0, 0.05) is 10.4 Å². The third-order valence-corrected chi connectivity index (χ3v) is 0.712. The largest absolute Gasteiger partial charge is 2.00 e. The molecule has 0 aliphatic carbocycles. The molecule has 4 N–H and O–H groups in total. The predicted molar refractivity (Wildman–Crippen MR) is 44.1 cm³/mol. The number of rotatable bonds is 3. The zero-order valence-corrected chi connectivity index (χ0v) is 9.55. The van der Waals surface area contributed by atoms with Gasteiger partial charge in [-0.3, -0.25) is 18.0 Å². The molecule has 0 heterocycles. The van der Waals surface area contributed by atoms with Crippen molar-refractivity contribution >= 4 is 45.4 Å². The second-order valence-electron chi connectivity index (χ2n) is 1.95. The van der Waals surface area contributed by atoms with E-state index in [0.29, 0.717) is 0 Å². The van der Waals surface area contributed by atoms with Crippen molar-refractivity contribution in [1.29, 1.82) is 0 Å². The van der Waals surface area contributed by atoms with Gasteiger partial charge in [0.15, 0.2) is 0 Å². The molecule has 0 aliphatic heterocycles. The number of carboxylic acid groups (broad SMARTS) is 2. The summed E-state index contributed by atoms with van der Waals surface area (Å²) in [5.41, 5.74) is 4.84. The van der Waals surface area contributed by atoms with Gasteiger partial charge in [0.25, 0.3) is 0 Å². The van der Waals surface area contributed by atoms with Crippen LogP contribution in [0.1, 0.15) is 6.42 Å². The zero-order chi connectivity index (χ0) is 11.9. The van der Waals surface area contributed by atoms with E-state index in [1.807, 2.05) is 0 Å². The third-order valence-electron chi connectivity index (χ3n) is 0.712. The number of hydrogen-bond acceptors (Lipinski definition) is 7. The van der Waals surface area contributed by atoms with Gasteiger partial charge in [-0.1, -0.05) is 0 Å². The van der Waals surface area contributed by atoms with Crippen LogP contribution in [0, 0.1) is 0 Å². The molecule has 11 heteroatoms. The van der Waals surface area contributed by atoms with Crippen LogP contribution in [0.5, 0.6) is 0 Å². The fraction of sp³-hybridized carbons (Fsp3) is 0.500. The molecular weight excluding hydrogens is 246 g/mol. The molecular formula is C4H7MgNO8S. The molecule has 0 amide bonds. The summed E-state index contributed by atoms with van der Waals surface area (Å²) in [4.78, 5) is 19.6. The SMILES string of the molecule is N[C@@H](CC(=O)O)C(=O)O.O=S(=O)([O-])[O-].[Mg+2]. The average molecular weight is 253 g/mol. The number of hydrogen-bond donors (Lipinski definition) is 3. The Morgan fingerprint density at radius 3 is 1.60 bits per heavy atom. The Balaban J connectivity index is -0.000000208. The van der Waals surface area contributed by atoms with Crippen molar-refractivity contribution in [3.8, 4) is 0 Å². The number of nitrogens with two attached hydrogens (primary N) is 1. The van der Waals surface area contributed by atoms with Crippen LogP contribution >= 0.6 is 0 Å². The maximum Gasteiger partial charge on any atom is 2.00 e. The first-order valence-corrected chi connectivity index (χ1v) is 4.24. The maximum atomic E-state index is 9.85. The smallest absolute Gasteiger partial charge is 0.759 e. The van der Waals surface area contributed by atoms with E-state index in [2.05, 4.69) is 0 Å². The molecule has 0 aromatic carbocycles. The van der Waals surface area contributed by atoms with Gasteiger partial charge in [0.1, 0.15) is 6.04 Å². The summed E-state index contributed by atoms with van der Waals surface area (Å²) in [5, 5.41) is 16.0. The van der Waals surface area contributed by atoms with Crippen LogP contribution in [0.3, 0.4) is 0 Å². The van der Waals surface area contributed by atoms with Crippen LogP contribution in [0.15, 0.2) is 0 Å². The van der Waals surface area contributed by atoms with Crippen LogP contribution in [-0.4, -0.2) is 68.8 Å². The van der Waals surface area contributed by atoms with Crippen molar-refractivity contribution in [3.05, 3.63) is 0 Å². The summed E-state index contributed by atoms with van der Waals surface area (Å²) >= 11 is 0. The molecule has 1 atom stereocenters. The van der Waals surface area contributed by atoms with Gasteiger partial charge in [0.05, 0.1) is 6.42 Å². The second kappa shape index (κ2) is 8.81. The summed E-state index contributed by atoms with van der Waals surface area (Å²) in [6.07, 6.45) is -0.532. The van der Waals surface area contributed by atoms with E-state index in [-0.39, 0.29) is 23.1 Å². The van der Waals surface area contributed by atoms with E-state index in [4.69, 9.17) is 33.5 Å². The Kier molecular flexibility index (Phi) is 11.8. The summed E-state index contributed by atoms with van der Waals surface area (Å²) in [7, 11) is -5.17. The van der Waals surface area contributed by atoms with Crippen LogP contribution in [0.4, 0.5) is 0 Å². The van der Waals surface area contributed by atoms with Crippen LogP contribution < -0.4 is 5.73 Å². The quantitative estimate of drug-likeness (QED) is 0.271. The van der Waals surface area contributed by atoms with Crippen molar-refractivity contribution in [1.82, 2.24) is 0 Å². The first-order valence-electron chi connectivity index (χ1n) is 2.91. The maximum absolute atomic E-state index is 9.85. The third kappa shape index (κ3) is 31.7. The molecule has 0 fully saturated rings. The molecule has 0 saturated heterocycles. The summed E-state index contributed by atoms with van der Waals surface area (Å²) in [5.74, 6) is -2.50. The van der Waals surface area contributed by atoms with E-state index in [1.54, 1.807) is 0 Å². The van der Waals surface area contributed by atoms with Crippen molar-refractivity contribution in [3.63, 3.8) is 0 Å². The van der Waals surface area contributed by atoms with Gasteiger partial charge in [-0.2, -0.15) is 0 Å². The zero-order valence-electron chi connectivity index (χ0n) is 7.32. The first-order chi connectivity index (χ1) is 6.04. The van der Waals surface area contributed by atoms with Crippen molar-refractivity contribution in [2.24, 2.45) is 5.73 Å². The first kappa shape index (κ1) is 20.0. The minimum Gasteiger partial charge on any atom is -0.759 e. The van der Waals surface area contributed by atoms with Gasteiger partial charge in [-0.15, -0.1) is 0 Å². The van der Waals surface area contributed by atoms with Crippen LogP contribution in [0.2, 0.25) is 0 Å². The van der Waals surface area contributed by atoms with Gasteiger partial charge < -0.3 is 25.1 Å². The van der Waals surface area contributed by atoms with E-state index in [9.17, 15) is 9.59 Å². The minimum atomic E-state index is -5.17. The Labute approximate surface area is 101 Å². The van der Waals surface area contributed by atoms with Gasteiger partial charge in [0.2, 0.25) is 0 Å².